The zero-order valence-electron chi connectivity index (χ0n) is 11.9. The van der Waals surface area contributed by atoms with Gasteiger partial charge in [-0.1, -0.05) is 22.9 Å². The molecule has 0 unspecified atom stereocenters. The van der Waals surface area contributed by atoms with Gasteiger partial charge in [-0.25, -0.2) is 4.98 Å². The quantitative estimate of drug-likeness (QED) is 0.782. The van der Waals surface area contributed by atoms with Crippen LogP contribution in [0.4, 0.5) is 5.95 Å². The van der Waals surface area contributed by atoms with Gasteiger partial charge in [-0.05, 0) is 42.3 Å². The fraction of sp³-hybridized carbons (Fsp3) is 0.188. The maximum Gasteiger partial charge on any atom is 0.205 e. The van der Waals surface area contributed by atoms with E-state index < -0.39 is 0 Å². The number of hydrogen-bond donors (Lipinski definition) is 1. The van der Waals surface area contributed by atoms with Crippen molar-refractivity contribution in [3.63, 3.8) is 0 Å². The van der Waals surface area contributed by atoms with E-state index in [0.29, 0.717) is 5.95 Å². The summed E-state index contributed by atoms with van der Waals surface area (Å²) in [6, 6.07) is 12.0. The van der Waals surface area contributed by atoms with Gasteiger partial charge in [-0.3, -0.25) is 4.57 Å². The molecule has 0 fully saturated rings. The average Bonchev–Trinajstić information content (AvgIpc) is 2.82. The number of nitrogens with two attached hydrogens (primary N) is 1. The van der Waals surface area contributed by atoms with Gasteiger partial charge in [-0.2, -0.15) is 0 Å². The summed E-state index contributed by atoms with van der Waals surface area (Å²) >= 11 is 3.51. The van der Waals surface area contributed by atoms with E-state index in [1.54, 1.807) is 7.11 Å². The van der Waals surface area contributed by atoms with Crippen LogP contribution in [-0.2, 0) is 6.42 Å². The molecular weight excluding hydrogens is 330 g/mol. The molecule has 108 valence electrons. The van der Waals surface area contributed by atoms with Crippen LogP contribution >= 0.6 is 15.9 Å². The molecule has 0 atom stereocenters. The van der Waals surface area contributed by atoms with Crippen LogP contribution in [0.25, 0.3) is 16.7 Å². The summed E-state index contributed by atoms with van der Waals surface area (Å²) in [6.45, 7) is 2.13. The third kappa shape index (κ3) is 2.38. The Bertz CT molecular complexity index is 811. The van der Waals surface area contributed by atoms with Crippen molar-refractivity contribution in [1.29, 1.82) is 0 Å². The van der Waals surface area contributed by atoms with Crippen LogP contribution in [0.2, 0.25) is 0 Å². The molecular formula is C16H16BrN3O. The Morgan fingerprint density at radius 1 is 1.24 bits per heavy atom. The maximum atomic E-state index is 6.14. The van der Waals surface area contributed by atoms with Gasteiger partial charge < -0.3 is 10.5 Å². The fourth-order valence-electron chi connectivity index (χ4n) is 2.51. The molecule has 3 rings (SSSR count). The molecule has 0 bridgehead atoms. The minimum absolute atomic E-state index is 0.482. The van der Waals surface area contributed by atoms with E-state index in [9.17, 15) is 0 Å². The second kappa shape index (κ2) is 5.41. The van der Waals surface area contributed by atoms with Crippen LogP contribution in [0, 0.1) is 0 Å². The zero-order valence-corrected chi connectivity index (χ0v) is 13.5. The summed E-state index contributed by atoms with van der Waals surface area (Å²) < 4.78 is 8.29. The molecule has 0 spiro atoms. The van der Waals surface area contributed by atoms with E-state index in [2.05, 4.69) is 40.0 Å². The molecule has 2 N–H and O–H groups in total. The van der Waals surface area contributed by atoms with Gasteiger partial charge in [0, 0.05) is 10.5 Å². The highest BCUT2D eigenvalue weighted by atomic mass is 79.9. The molecule has 0 saturated heterocycles. The van der Waals surface area contributed by atoms with E-state index in [1.165, 1.54) is 5.56 Å². The van der Waals surface area contributed by atoms with Gasteiger partial charge in [0.1, 0.15) is 5.75 Å². The number of halogens is 1. The number of aromatic nitrogens is 2. The highest BCUT2D eigenvalue weighted by molar-refractivity contribution is 9.10. The molecule has 0 radical (unpaired) electrons. The first-order valence-corrected chi connectivity index (χ1v) is 7.54. The van der Waals surface area contributed by atoms with E-state index in [4.69, 9.17) is 10.5 Å². The van der Waals surface area contributed by atoms with Gasteiger partial charge in [0.25, 0.3) is 0 Å². The standard InChI is InChI=1S/C16H16BrN3O/c1-3-10-8-11(17)4-6-14(10)20-15-7-5-12(21-2)9-13(15)19-16(20)18/h4-9H,3H2,1-2H3,(H2,18,19). The average molecular weight is 346 g/mol. The minimum atomic E-state index is 0.482. The third-order valence-corrected chi connectivity index (χ3v) is 4.04. The number of hydrogen-bond acceptors (Lipinski definition) is 3. The number of imidazole rings is 1. The van der Waals surface area contributed by atoms with Crippen molar-refractivity contribution in [1.82, 2.24) is 9.55 Å². The van der Waals surface area contributed by atoms with Gasteiger partial charge >= 0.3 is 0 Å². The first-order chi connectivity index (χ1) is 10.1. The maximum absolute atomic E-state index is 6.14. The predicted octanol–water partition coefficient (Wildman–Crippen LogP) is 3.94. The van der Waals surface area contributed by atoms with Crippen molar-refractivity contribution >= 4 is 32.9 Å². The van der Waals surface area contributed by atoms with E-state index in [-0.39, 0.29) is 0 Å². The monoisotopic (exact) mass is 345 g/mol. The molecule has 0 amide bonds. The fourth-order valence-corrected chi connectivity index (χ4v) is 2.92. The lowest BCUT2D eigenvalue weighted by molar-refractivity contribution is 0.415. The number of rotatable bonds is 3. The first kappa shape index (κ1) is 13.9. The first-order valence-electron chi connectivity index (χ1n) is 6.74. The van der Waals surface area contributed by atoms with Crippen LogP contribution < -0.4 is 10.5 Å². The van der Waals surface area contributed by atoms with Crippen LogP contribution in [0.5, 0.6) is 5.75 Å². The molecule has 0 saturated carbocycles. The Morgan fingerprint density at radius 2 is 2.05 bits per heavy atom. The predicted molar refractivity (Wildman–Crippen MR) is 89.1 cm³/mol. The summed E-state index contributed by atoms with van der Waals surface area (Å²) in [7, 11) is 1.64. The molecule has 3 aromatic rings. The highest BCUT2D eigenvalue weighted by Gasteiger charge is 2.13. The van der Waals surface area contributed by atoms with E-state index in [0.717, 1.165) is 33.4 Å². The lowest BCUT2D eigenvalue weighted by atomic mass is 10.1. The largest absolute Gasteiger partial charge is 0.497 e. The van der Waals surface area contributed by atoms with Crippen LogP contribution in [0.3, 0.4) is 0 Å². The number of ether oxygens (including phenoxy) is 1. The molecule has 0 aliphatic heterocycles. The van der Waals surface area contributed by atoms with Crippen molar-refractivity contribution in [3.8, 4) is 11.4 Å². The number of methoxy groups -OCH3 is 1. The van der Waals surface area contributed by atoms with Crippen LogP contribution in [0.15, 0.2) is 40.9 Å². The number of anilines is 1. The van der Waals surface area contributed by atoms with Crippen LogP contribution in [-0.4, -0.2) is 16.7 Å². The Labute approximate surface area is 131 Å². The number of fused-ring (bicyclic) bond motifs is 1. The van der Waals surface area contributed by atoms with Crippen LogP contribution in [0.1, 0.15) is 12.5 Å². The molecule has 0 aliphatic rings. The SMILES string of the molecule is CCc1cc(Br)ccc1-n1c(N)nc2cc(OC)ccc21. The summed E-state index contributed by atoms with van der Waals surface area (Å²) in [4.78, 5) is 4.44. The van der Waals surface area contributed by atoms with E-state index in [1.807, 2.05) is 28.8 Å². The lowest BCUT2D eigenvalue weighted by Crippen LogP contribution is -2.03. The number of nitrogens with zero attached hydrogens (tertiary/aromatic N) is 2. The Balaban J connectivity index is 2.27. The Kier molecular flexibility index (Phi) is 3.59. The summed E-state index contributed by atoms with van der Waals surface area (Å²) in [5.74, 6) is 1.26. The van der Waals surface area contributed by atoms with Crippen molar-refractivity contribution < 1.29 is 4.74 Å². The molecule has 2 aromatic carbocycles. The number of aryl methyl sites for hydroxylation is 1. The van der Waals surface area contributed by atoms with Gasteiger partial charge in [0.05, 0.1) is 23.8 Å². The Hall–Kier alpha value is -2.01. The minimum Gasteiger partial charge on any atom is -0.497 e. The van der Waals surface area contributed by atoms with Gasteiger partial charge in [0.15, 0.2) is 0 Å². The second-order valence-corrected chi connectivity index (χ2v) is 5.70. The smallest absolute Gasteiger partial charge is 0.205 e. The van der Waals surface area contributed by atoms with E-state index >= 15 is 0 Å². The van der Waals surface area contributed by atoms with Crippen molar-refractivity contribution in [2.75, 3.05) is 12.8 Å². The highest BCUT2D eigenvalue weighted by Crippen LogP contribution is 2.29. The summed E-state index contributed by atoms with van der Waals surface area (Å²) in [6.07, 6.45) is 0.921. The summed E-state index contributed by atoms with van der Waals surface area (Å²) in [5, 5.41) is 0. The molecule has 0 aliphatic carbocycles. The number of benzene rings is 2. The van der Waals surface area contributed by atoms with Gasteiger partial charge in [0.2, 0.25) is 5.95 Å². The zero-order chi connectivity index (χ0) is 15.0. The number of nitrogen functional groups attached to an aromatic ring is 1. The molecule has 1 heterocycles. The van der Waals surface area contributed by atoms with Gasteiger partial charge in [-0.15, -0.1) is 0 Å². The molecule has 5 heteroatoms. The van der Waals surface area contributed by atoms with Crippen molar-refractivity contribution in [2.45, 2.75) is 13.3 Å². The topological polar surface area (TPSA) is 53.1 Å². The third-order valence-electron chi connectivity index (χ3n) is 3.55. The summed E-state index contributed by atoms with van der Waals surface area (Å²) in [5.41, 5.74) is 10.2. The van der Waals surface area contributed by atoms with Crippen molar-refractivity contribution in [2.24, 2.45) is 0 Å². The normalized spacial score (nSPS) is 11.0. The van der Waals surface area contributed by atoms with Crippen molar-refractivity contribution in [3.05, 3.63) is 46.4 Å². The molecule has 4 nitrogen and oxygen atoms in total. The molecule has 1 aromatic heterocycles. The Morgan fingerprint density at radius 3 is 2.76 bits per heavy atom. The molecule has 21 heavy (non-hydrogen) atoms. The lowest BCUT2D eigenvalue weighted by Gasteiger charge is -2.12. The second-order valence-electron chi connectivity index (χ2n) is 4.79.